The number of hydrogen-bond donors (Lipinski definition) is 0. The first kappa shape index (κ1) is 16.6. The lowest BCUT2D eigenvalue weighted by atomic mass is 10.00. The maximum Gasteiger partial charge on any atom is 0.268 e. The minimum atomic E-state index is -0.273. The summed E-state index contributed by atoms with van der Waals surface area (Å²) in [5, 5.41) is 0. The molecule has 2 heterocycles. The smallest absolute Gasteiger partial charge is 0.268 e. The summed E-state index contributed by atoms with van der Waals surface area (Å²) in [4.78, 5) is 18.8. The number of methoxy groups -OCH3 is 2. The number of para-hydroxylation sites is 1. The van der Waals surface area contributed by atoms with Crippen molar-refractivity contribution in [1.29, 1.82) is 0 Å². The fourth-order valence-electron chi connectivity index (χ4n) is 4.04. The third-order valence-corrected chi connectivity index (χ3v) is 5.31. The molecule has 2 unspecified atom stereocenters. The number of amides is 1. The molecule has 0 saturated carbocycles. The molecule has 0 bridgehead atoms. The van der Waals surface area contributed by atoms with Gasteiger partial charge in [-0.1, -0.05) is 24.3 Å². The van der Waals surface area contributed by atoms with E-state index >= 15 is 0 Å². The number of benzene rings is 2. The number of carbonyl (C=O) groups excluding carboxylic acids is 1. The molecule has 2 aliphatic heterocycles. The van der Waals surface area contributed by atoms with Crippen LogP contribution in [-0.2, 0) is 17.6 Å². The molecule has 0 saturated heterocycles. The highest BCUT2D eigenvalue weighted by atomic mass is 16.5. The average molecular weight is 350 g/mol. The van der Waals surface area contributed by atoms with E-state index in [9.17, 15) is 4.79 Å². The van der Waals surface area contributed by atoms with E-state index in [2.05, 4.69) is 16.0 Å². The molecule has 4 rings (SSSR count). The molecular formula is C21H22N2O3. The first-order chi connectivity index (χ1) is 12.6. The monoisotopic (exact) mass is 350 g/mol. The number of rotatable bonds is 4. The van der Waals surface area contributed by atoms with Crippen LogP contribution >= 0.6 is 0 Å². The lowest BCUT2D eigenvalue weighted by molar-refractivity contribution is -0.118. The summed E-state index contributed by atoms with van der Waals surface area (Å²) in [6.07, 6.45) is 3.40. The van der Waals surface area contributed by atoms with Crippen LogP contribution in [0, 0.1) is 0 Å². The van der Waals surface area contributed by atoms with Crippen molar-refractivity contribution in [1.82, 2.24) is 0 Å². The summed E-state index contributed by atoms with van der Waals surface area (Å²) in [5.74, 6) is 1.49. The Labute approximate surface area is 153 Å². The number of anilines is 1. The van der Waals surface area contributed by atoms with E-state index < -0.39 is 0 Å². The van der Waals surface area contributed by atoms with Crippen LogP contribution in [0.4, 0.5) is 5.69 Å². The SMILES string of the molecule is COc1ccc(CC2Cc3cccc4c3N2C(C)C(=O)N=C4)c(OC)c1. The Balaban J connectivity index is 1.71. The van der Waals surface area contributed by atoms with E-state index in [0.29, 0.717) is 0 Å². The molecule has 1 amide bonds. The first-order valence-electron chi connectivity index (χ1n) is 8.81. The maximum absolute atomic E-state index is 12.4. The molecule has 0 radical (unpaired) electrons. The van der Waals surface area contributed by atoms with Crippen LogP contribution in [0.5, 0.6) is 11.5 Å². The zero-order valence-corrected chi connectivity index (χ0v) is 15.2. The van der Waals surface area contributed by atoms with Crippen molar-refractivity contribution < 1.29 is 14.3 Å². The van der Waals surface area contributed by atoms with Crippen LogP contribution in [0.15, 0.2) is 41.4 Å². The molecular weight excluding hydrogens is 328 g/mol. The minimum absolute atomic E-state index is 0.0965. The number of nitrogens with zero attached hydrogens (tertiary/aromatic N) is 2. The van der Waals surface area contributed by atoms with Crippen LogP contribution in [-0.4, -0.2) is 38.4 Å². The van der Waals surface area contributed by atoms with Gasteiger partial charge in [-0.25, -0.2) is 4.99 Å². The summed E-state index contributed by atoms with van der Waals surface area (Å²) < 4.78 is 10.9. The van der Waals surface area contributed by atoms with Gasteiger partial charge in [0.15, 0.2) is 0 Å². The van der Waals surface area contributed by atoms with Crippen LogP contribution < -0.4 is 14.4 Å². The average Bonchev–Trinajstić information content (AvgIpc) is 2.97. The van der Waals surface area contributed by atoms with Gasteiger partial charge in [0.1, 0.15) is 17.5 Å². The topological polar surface area (TPSA) is 51.1 Å². The number of ether oxygens (including phenoxy) is 2. The number of hydrogen-bond acceptors (Lipinski definition) is 4. The fraction of sp³-hybridized carbons (Fsp3) is 0.333. The Morgan fingerprint density at radius 2 is 2.04 bits per heavy atom. The van der Waals surface area contributed by atoms with Crippen molar-refractivity contribution in [3.05, 3.63) is 53.1 Å². The highest BCUT2D eigenvalue weighted by Gasteiger charge is 2.38. The van der Waals surface area contributed by atoms with Gasteiger partial charge in [-0.2, -0.15) is 0 Å². The largest absolute Gasteiger partial charge is 0.497 e. The fourth-order valence-corrected chi connectivity index (χ4v) is 4.04. The van der Waals surface area contributed by atoms with Crippen molar-refractivity contribution in [3.63, 3.8) is 0 Å². The maximum atomic E-state index is 12.4. The molecule has 5 nitrogen and oxygen atoms in total. The van der Waals surface area contributed by atoms with Crippen molar-refractivity contribution >= 4 is 17.8 Å². The molecule has 2 aromatic carbocycles. The lowest BCUT2D eigenvalue weighted by Gasteiger charge is -2.32. The predicted molar refractivity (Wildman–Crippen MR) is 102 cm³/mol. The van der Waals surface area contributed by atoms with Crippen molar-refractivity contribution in [3.8, 4) is 11.5 Å². The van der Waals surface area contributed by atoms with Gasteiger partial charge in [0.05, 0.1) is 14.2 Å². The molecule has 0 fully saturated rings. The van der Waals surface area contributed by atoms with Crippen LogP contribution in [0.3, 0.4) is 0 Å². The van der Waals surface area contributed by atoms with Gasteiger partial charge in [-0.15, -0.1) is 0 Å². The van der Waals surface area contributed by atoms with Crippen LogP contribution in [0.1, 0.15) is 23.6 Å². The second kappa shape index (κ2) is 6.48. The predicted octanol–water partition coefficient (Wildman–Crippen LogP) is 3.03. The summed E-state index contributed by atoms with van der Waals surface area (Å²) >= 11 is 0. The first-order valence-corrected chi connectivity index (χ1v) is 8.81. The quantitative estimate of drug-likeness (QED) is 0.850. The van der Waals surface area contributed by atoms with E-state index in [-0.39, 0.29) is 18.0 Å². The lowest BCUT2D eigenvalue weighted by Crippen LogP contribution is -2.44. The summed E-state index contributed by atoms with van der Waals surface area (Å²) in [7, 11) is 3.32. The minimum Gasteiger partial charge on any atom is -0.497 e. The van der Waals surface area contributed by atoms with Gasteiger partial charge in [0, 0.05) is 29.6 Å². The van der Waals surface area contributed by atoms with Crippen LogP contribution in [0.2, 0.25) is 0 Å². The molecule has 2 atom stereocenters. The highest BCUT2D eigenvalue weighted by molar-refractivity contribution is 6.03. The van der Waals surface area contributed by atoms with Crippen LogP contribution in [0.25, 0.3) is 0 Å². The molecule has 0 aromatic heterocycles. The number of carbonyl (C=O) groups is 1. The third-order valence-electron chi connectivity index (χ3n) is 5.31. The second-order valence-corrected chi connectivity index (χ2v) is 6.77. The van der Waals surface area contributed by atoms with E-state index in [0.717, 1.165) is 41.2 Å². The third kappa shape index (κ3) is 2.64. The zero-order chi connectivity index (χ0) is 18.3. The molecule has 2 aromatic rings. The van der Waals surface area contributed by atoms with Crippen molar-refractivity contribution in [2.24, 2.45) is 4.99 Å². The Morgan fingerprint density at radius 1 is 1.19 bits per heavy atom. The second-order valence-electron chi connectivity index (χ2n) is 6.77. The van der Waals surface area contributed by atoms with Gasteiger partial charge in [0.2, 0.25) is 0 Å². The Hall–Kier alpha value is -2.82. The molecule has 0 aliphatic carbocycles. The van der Waals surface area contributed by atoms with Gasteiger partial charge < -0.3 is 14.4 Å². The van der Waals surface area contributed by atoms with Crippen molar-refractivity contribution in [2.45, 2.75) is 31.8 Å². The molecule has 134 valence electrons. The molecule has 2 aliphatic rings. The molecule has 0 N–H and O–H groups in total. The Kier molecular flexibility index (Phi) is 4.15. The Morgan fingerprint density at radius 3 is 2.81 bits per heavy atom. The van der Waals surface area contributed by atoms with E-state index in [1.807, 2.05) is 37.3 Å². The molecule has 5 heteroatoms. The van der Waals surface area contributed by atoms with Gasteiger partial charge >= 0.3 is 0 Å². The van der Waals surface area contributed by atoms with Gasteiger partial charge in [-0.05, 0) is 37.0 Å². The summed E-state index contributed by atoms with van der Waals surface area (Å²) in [5.41, 5.74) is 4.54. The standard InChI is InChI=1S/C21H22N2O3/c1-13-21(24)22-12-16-6-4-5-15-10-17(23(13)20(15)16)9-14-7-8-18(25-2)11-19(14)26-3/h4-8,11-13,17H,9-10H2,1-3H3. The Bertz CT molecular complexity index is 891. The van der Waals surface area contributed by atoms with E-state index in [1.165, 1.54) is 5.56 Å². The van der Waals surface area contributed by atoms with Gasteiger partial charge in [-0.3, -0.25) is 4.79 Å². The summed E-state index contributed by atoms with van der Waals surface area (Å²) in [6.45, 7) is 1.94. The highest BCUT2D eigenvalue weighted by Crippen LogP contribution is 2.40. The zero-order valence-electron chi connectivity index (χ0n) is 15.2. The van der Waals surface area contributed by atoms with E-state index in [1.54, 1.807) is 20.4 Å². The van der Waals surface area contributed by atoms with Crippen molar-refractivity contribution in [2.75, 3.05) is 19.1 Å². The molecule has 0 spiro atoms. The molecule has 26 heavy (non-hydrogen) atoms. The van der Waals surface area contributed by atoms with E-state index in [4.69, 9.17) is 9.47 Å². The summed E-state index contributed by atoms with van der Waals surface area (Å²) in [6, 6.07) is 12.0. The normalized spacial score (nSPS) is 20.7. The van der Waals surface area contributed by atoms with Gasteiger partial charge in [0.25, 0.3) is 5.91 Å². The number of aliphatic imine (C=N–C) groups is 1.